The van der Waals surface area contributed by atoms with Crippen molar-refractivity contribution in [3.63, 3.8) is 0 Å². The third kappa shape index (κ3) is 7.29. The normalized spacial score (nSPS) is 11.4. The molecule has 0 bridgehead atoms. The van der Waals surface area contributed by atoms with Crippen LogP contribution >= 0.6 is 11.8 Å². The Labute approximate surface area is 261 Å². The van der Waals surface area contributed by atoms with Gasteiger partial charge < -0.3 is 9.64 Å². The zero-order chi connectivity index (χ0) is 32.0. The number of sulfone groups is 1. The molecule has 0 aliphatic rings. The minimum atomic E-state index is -4.00. The largest absolute Gasteiger partial charge is 0.492 e. The second-order valence-corrected chi connectivity index (χ2v) is 12.6. The van der Waals surface area contributed by atoms with E-state index in [0.29, 0.717) is 16.9 Å². The molecule has 0 aliphatic carbocycles. The lowest BCUT2D eigenvalue weighted by atomic mass is 10.1. The van der Waals surface area contributed by atoms with Gasteiger partial charge in [0.15, 0.2) is 0 Å². The predicted octanol–water partition coefficient (Wildman–Crippen LogP) is 3.52. The molecule has 0 unspecified atom stereocenters. The standard InChI is InChI=1S/C27H26N10O6S2/c1-19(2)34(27(38)44-25-28-30-32-35(25)21-9-5-3-6-10-21)18-20-17-23(37(39)40)13-14-24(20)43-15-16-45(41,42)26-29-31-33-36(26)22-11-7-4-8-12-22/h3-14,17,19H,15-16,18H2,1-2H3. The monoisotopic (exact) mass is 650 g/mol. The van der Waals surface area contributed by atoms with Crippen molar-refractivity contribution in [2.24, 2.45) is 0 Å². The Kier molecular flexibility index (Phi) is 9.43. The van der Waals surface area contributed by atoms with E-state index in [4.69, 9.17) is 4.74 Å². The summed E-state index contributed by atoms with van der Waals surface area (Å²) in [4.78, 5) is 26.0. The van der Waals surface area contributed by atoms with E-state index in [2.05, 4.69) is 31.1 Å². The van der Waals surface area contributed by atoms with Crippen LogP contribution in [0, 0.1) is 10.1 Å². The molecule has 5 rings (SSSR count). The van der Waals surface area contributed by atoms with E-state index in [1.807, 2.05) is 18.2 Å². The molecule has 0 N–H and O–H groups in total. The number of ether oxygens (including phenoxy) is 1. The molecule has 0 saturated carbocycles. The van der Waals surface area contributed by atoms with Crippen molar-refractivity contribution < 1.29 is 22.9 Å². The number of hydrogen-bond donors (Lipinski definition) is 0. The summed E-state index contributed by atoms with van der Waals surface area (Å²) in [6.07, 6.45) is 0. The Morgan fingerprint density at radius 2 is 1.58 bits per heavy atom. The molecule has 232 valence electrons. The first-order valence-corrected chi connectivity index (χ1v) is 15.9. The van der Waals surface area contributed by atoms with Gasteiger partial charge in [0.1, 0.15) is 12.4 Å². The highest BCUT2D eigenvalue weighted by molar-refractivity contribution is 8.13. The summed E-state index contributed by atoms with van der Waals surface area (Å²) in [5.74, 6) is -0.308. The molecule has 1 amide bonds. The molecule has 0 saturated heterocycles. The Hall–Kier alpha value is -5.23. The number of nitrogens with zero attached hydrogens (tertiary/aromatic N) is 10. The highest BCUT2D eigenvalue weighted by atomic mass is 32.2. The first-order valence-electron chi connectivity index (χ1n) is 13.4. The van der Waals surface area contributed by atoms with Gasteiger partial charge in [-0.15, -0.1) is 5.10 Å². The van der Waals surface area contributed by atoms with Gasteiger partial charge >= 0.3 is 0 Å². The molecule has 0 atom stereocenters. The molecular formula is C27H26N10O6S2. The molecule has 0 radical (unpaired) electrons. The van der Waals surface area contributed by atoms with Crippen molar-refractivity contribution in [3.8, 4) is 17.1 Å². The van der Waals surface area contributed by atoms with E-state index in [1.54, 1.807) is 56.3 Å². The van der Waals surface area contributed by atoms with Crippen LogP contribution in [0.3, 0.4) is 0 Å². The molecule has 0 spiro atoms. The topological polar surface area (TPSA) is 194 Å². The summed E-state index contributed by atoms with van der Waals surface area (Å²) < 4.78 is 34.7. The van der Waals surface area contributed by atoms with Gasteiger partial charge in [-0.05, 0) is 65.0 Å². The molecule has 45 heavy (non-hydrogen) atoms. The number of nitro benzene ring substituents is 1. The highest BCUT2D eigenvalue weighted by Gasteiger charge is 2.26. The van der Waals surface area contributed by atoms with Gasteiger partial charge in [0.25, 0.3) is 16.1 Å². The van der Waals surface area contributed by atoms with Gasteiger partial charge in [0.05, 0.1) is 28.6 Å². The third-order valence-electron chi connectivity index (χ3n) is 6.40. The fourth-order valence-corrected chi connectivity index (χ4v) is 6.06. The van der Waals surface area contributed by atoms with Crippen molar-refractivity contribution >= 4 is 32.5 Å². The van der Waals surface area contributed by atoms with Crippen LogP contribution in [0.4, 0.5) is 10.5 Å². The highest BCUT2D eigenvalue weighted by Crippen LogP contribution is 2.29. The van der Waals surface area contributed by atoms with Crippen molar-refractivity contribution in [2.75, 3.05) is 12.4 Å². The number of carbonyl (C=O) groups excluding carboxylic acids is 1. The number of tetrazole rings is 2. The predicted molar refractivity (Wildman–Crippen MR) is 161 cm³/mol. The number of non-ortho nitro benzene ring substituents is 1. The Bertz CT molecular complexity index is 1900. The van der Waals surface area contributed by atoms with Crippen LogP contribution in [0.2, 0.25) is 0 Å². The summed E-state index contributed by atoms with van der Waals surface area (Å²) in [5, 5.41) is 33.7. The average molecular weight is 651 g/mol. The Morgan fingerprint density at radius 3 is 2.22 bits per heavy atom. The van der Waals surface area contributed by atoms with Crippen LogP contribution < -0.4 is 4.74 Å². The number of benzene rings is 3. The van der Waals surface area contributed by atoms with E-state index < -0.39 is 25.8 Å². The lowest BCUT2D eigenvalue weighted by Crippen LogP contribution is -2.34. The van der Waals surface area contributed by atoms with Gasteiger partial charge in [-0.25, -0.2) is 8.42 Å². The summed E-state index contributed by atoms with van der Waals surface area (Å²) >= 11 is 0.802. The van der Waals surface area contributed by atoms with E-state index in [-0.39, 0.29) is 40.9 Å². The molecule has 2 heterocycles. The number of hydrogen-bond acceptors (Lipinski definition) is 13. The summed E-state index contributed by atoms with van der Waals surface area (Å²) in [7, 11) is -4.00. The molecule has 0 fully saturated rings. The number of rotatable bonds is 12. The van der Waals surface area contributed by atoms with Crippen molar-refractivity contribution in [1.29, 1.82) is 0 Å². The molecule has 0 aliphatic heterocycles. The first kappa shape index (κ1) is 31.2. The van der Waals surface area contributed by atoms with Crippen LogP contribution in [-0.2, 0) is 16.4 Å². The molecular weight excluding hydrogens is 624 g/mol. The van der Waals surface area contributed by atoms with Crippen LogP contribution in [0.5, 0.6) is 5.75 Å². The average Bonchev–Trinajstić information content (AvgIpc) is 3.72. The van der Waals surface area contributed by atoms with Crippen LogP contribution in [-0.4, -0.2) is 82.3 Å². The van der Waals surface area contributed by atoms with Gasteiger partial charge in [-0.1, -0.05) is 41.5 Å². The van der Waals surface area contributed by atoms with Crippen molar-refractivity contribution in [1.82, 2.24) is 45.3 Å². The van der Waals surface area contributed by atoms with Crippen molar-refractivity contribution in [3.05, 3.63) is 94.5 Å². The minimum Gasteiger partial charge on any atom is -0.492 e. The summed E-state index contributed by atoms with van der Waals surface area (Å²) in [6, 6.07) is 21.2. The minimum absolute atomic E-state index is 0.0770. The van der Waals surface area contributed by atoms with Gasteiger partial charge in [0, 0.05) is 35.5 Å². The Morgan fingerprint density at radius 1 is 0.956 bits per heavy atom. The quantitative estimate of drug-likeness (QED) is 0.108. The fourth-order valence-electron chi connectivity index (χ4n) is 4.15. The maximum absolute atomic E-state index is 13.5. The fraction of sp³-hybridized carbons (Fsp3) is 0.222. The third-order valence-corrected chi connectivity index (χ3v) is 8.76. The molecule has 3 aromatic carbocycles. The lowest BCUT2D eigenvalue weighted by molar-refractivity contribution is -0.385. The number of amides is 1. The number of aromatic nitrogens is 8. The second kappa shape index (κ2) is 13.6. The second-order valence-electron chi connectivity index (χ2n) is 9.72. The maximum Gasteiger partial charge on any atom is 0.290 e. The van der Waals surface area contributed by atoms with Gasteiger partial charge in [0.2, 0.25) is 15.0 Å². The maximum atomic E-state index is 13.5. The van der Waals surface area contributed by atoms with E-state index >= 15 is 0 Å². The first-order chi connectivity index (χ1) is 21.6. The van der Waals surface area contributed by atoms with Gasteiger partial charge in [-0.2, -0.15) is 9.36 Å². The van der Waals surface area contributed by atoms with E-state index in [1.165, 1.54) is 27.8 Å². The van der Waals surface area contributed by atoms with E-state index in [9.17, 15) is 23.3 Å². The van der Waals surface area contributed by atoms with Crippen LogP contribution in [0.25, 0.3) is 11.4 Å². The van der Waals surface area contributed by atoms with Gasteiger partial charge in [-0.3, -0.25) is 14.9 Å². The SMILES string of the molecule is CC(C)N(Cc1cc([N+](=O)[O-])ccc1OCCS(=O)(=O)c1nnnn1-c1ccccc1)C(=O)Sc1nnnn1-c1ccccc1. The molecule has 2 aromatic heterocycles. The molecule has 5 aromatic rings. The molecule has 18 heteroatoms. The number of nitro groups is 1. The number of thioether (sulfide) groups is 1. The van der Waals surface area contributed by atoms with Crippen molar-refractivity contribution in [2.45, 2.75) is 36.7 Å². The summed E-state index contributed by atoms with van der Waals surface area (Å²) in [6.45, 7) is 3.19. The number of para-hydroxylation sites is 2. The lowest BCUT2D eigenvalue weighted by Gasteiger charge is -2.27. The van der Waals surface area contributed by atoms with E-state index in [0.717, 1.165) is 16.4 Å². The number of carbonyl (C=O) groups is 1. The van der Waals surface area contributed by atoms with Crippen LogP contribution in [0.15, 0.2) is 89.2 Å². The smallest absolute Gasteiger partial charge is 0.290 e. The van der Waals surface area contributed by atoms with Crippen LogP contribution in [0.1, 0.15) is 19.4 Å². The Balaban J connectivity index is 1.34. The molecule has 16 nitrogen and oxygen atoms in total. The summed E-state index contributed by atoms with van der Waals surface area (Å²) in [5.41, 5.74) is 1.22. The zero-order valence-corrected chi connectivity index (χ0v) is 25.6. The zero-order valence-electron chi connectivity index (χ0n) is 23.9.